The lowest BCUT2D eigenvalue weighted by molar-refractivity contribution is 0.220. The molecule has 0 saturated carbocycles. The molecule has 2 aromatic rings. The highest BCUT2D eigenvalue weighted by Gasteiger charge is 2.14. The third kappa shape index (κ3) is 3.69. The summed E-state index contributed by atoms with van der Waals surface area (Å²) in [5.41, 5.74) is 0.872. The number of hydrogen-bond donors (Lipinski definition) is 1. The maximum Gasteiger partial charge on any atom is 0.323 e. The molecule has 1 N–H and O–H groups in total. The summed E-state index contributed by atoms with van der Waals surface area (Å²) in [6, 6.07) is 6.83. The SMILES string of the molecule is COc1ccc(CN(C)C(=O)Nc2cc(C)on2)c(OC)c1. The van der Waals surface area contributed by atoms with Crippen molar-refractivity contribution in [2.45, 2.75) is 13.5 Å². The number of carbonyl (C=O) groups is 1. The second-order valence-corrected chi connectivity index (χ2v) is 4.79. The zero-order valence-corrected chi connectivity index (χ0v) is 13.0. The molecule has 0 atom stereocenters. The lowest BCUT2D eigenvalue weighted by Crippen LogP contribution is -2.31. The Hall–Kier alpha value is -2.70. The van der Waals surface area contributed by atoms with Crippen LogP contribution in [0.15, 0.2) is 28.8 Å². The Bertz CT molecular complexity index is 654. The molecule has 0 aliphatic rings. The minimum absolute atomic E-state index is 0.286. The monoisotopic (exact) mass is 305 g/mol. The van der Waals surface area contributed by atoms with E-state index >= 15 is 0 Å². The van der Waals surface area contributed by atoms with Crippen molar-refractivity contribution in [1.82, 2.24) is 10.1 Å². The van der Waals surface area contributed by atoms with Gasteiger partial charge in [0.05, 0.1) is 20.8 Å². The van der Waals surface area contributed by atoms with Crippen molar-refractivity contribution in [2.75, 3.05) is 26.6 Å². The van der Waals surface area contributed by atoms with Gasteiger partial charge in [0.15, 0.2) is 5.82 Å². The van der Waals surface area contributed by atoms with E-state index in [2.05, 4.69) is 10.5 Å². The Labute approximate surface area is 128 Å². The highest BCUT2D eigenvalue weighted by atomic mass is 16.5. The van der Waals surface area contributed by atoms with Crippen LogP contribution in [0.1, 0.15) is 11.3 Å². The molecule has 0 saturated heterocycles. The van der Waals surface area contributed by atoms with Gasteiger partial charge < -0.3 is 18.9 Å². The first kappa shape index (κ1) is 15.7. The summed E-state index contributed by atoms with van der Waals surface area (Å²) in [7, 11) is 4.86. The summed E-state index contributed by atoms with van der Waals surface area (Å²) in [6.45, 7) is 2.14. The fraction of sp³-hybridized carbons (Fsp3) is 0.333. The van der Waals surface area contributed by atoms with E-state index < -0.39 is 0 Å². The molecule has 0 aliphatic carbocycles. The maximum absolute atomic E-state index is 12.1. The largest absolute Gasteiger partial charge is 0.497 e. The summed E-state index contributed by atoms with van der Waals surface area (Å²) in [4.78, 5) is 13.6. The van der Waals surface area contributed by atoms with Crippen molar-refractivity contribution in [3.05, 3.63) is 35.6 Å². The van der Waals surface area contributed by atoms with Crippen LogP contribution in [0.3, 0.4) is 0 Å². The number of urea groups is 1. The van der Waals surface area contributed by atoms with Crippen molar-refractivity contribution < 1.29 is 18.8 Å². The maximum atomic E-state index is 12.1. The van der Waals surface area contributed by atoms with Crippen LogP contribution >= 0.6 is 0 Å². The van der Waals surface area contributed by atoms with E-state index in [9.17, 15) is 4.79 Å². The number of nitrogens with zero attached hydrogens (tertiary/aromatic N) is 2. The molecule has 0 aliphatic heterocycles. The van der Waals surface area contributed by atoms with E-state index in [1.54, 1.807) is 40.3 Å². The molecule has 2 amide bonds. The van der Waals surface area contributed by atoms with E-state index in [-0.39, 0.29) is 6.03 Å². The number of nitrogens with one attached hydrogen (secondary N) is 1. The van der Waals surface area contributed by atoms with Crippen LogP contribution in [0.4, 0.5) is 10.6 Å². The molecule has 0 fully saturated rings. The fourth-order valence-corrected chi connectivity index (χ4v) is 1.94. The number of ether oxygens (including phenoxy) is 2. The Kier molecular flexibility index (Phi) is 4.88. The summed E-state index contributed by atoms with van der Waals surface area (Å²) in [5, 5.41) is 6.39. The van der Waals surface area contributed by atoms with Gasteiger partial charge in [0.25, 0.3) is 0 Å². The topological polar surface area (TPSA) is 76.8 Å². The van der Waals surface area contributed by atoms with Gasteiger partial charge >= 0.3 is 6.03 Å². The molecule has 22 heavy (non-hydrogen) atoms. The molecule has 2 rings (SSSR count). The summed E-state index contributed by atoms with van der Waals surface area (Å²) >= 11 is 0. The number of benzene rings is 1. The summed E-state index contributed by atoms with van der Waals surface area (Å²) < 4.78 is 15.4. The molecule has 0 radical (unpaired) electrons. The first-order chi connectivity index (χ1) is 10.5. The molecule has 1 aromatic carbocycles. The van der Waals surface area contributed by atoms with Gasteiger partial charge in [0, 0.05) is 24.7 Å². The van der Waals surface area contributed by atoms with E-state index in [0.29, 0.717) is 29.6 Å². The van der Waals surface area contributed by atoms with Gasteiger partial charge in [-0.25, -0.2) is 4.79 Å². The Morgan fingerprint density at radius 1 is 1.32 bits per heavy atom. The fourth-order valence-electron chi connectivity index (χ4n) is 1.94. The van der Waals surface area contributed by atoms with Crippen LogP contribution in [0.2, 0.25) is 0 Å². The number of anilines is 1. The minimum atomic E-state index is -0.286. The van der Waals surface area contributed by atoms with Crippen LogP contribution < -0.4 is 14.8 Å². The van der Waals surface area contributed by atoms with E-state index in [4.69, 9.17) is 14.0 Å². The van der Waals surface area contributed by atoms with Crippen LogP contribution in [-0.2, 0) is 6.54 Å². The molecular formula is C15H19N3O4. The van der Waals surface area contributed by atoms with Gasteiger partial charge in [-0.2, -0.15) is 0 Å². The molecule has 7 heteroatoms. The second kappa shape index (κ2) is 6.84. The van der Waals surface area contributed by atoms with Crippen molar-refractivity contribution in [1.29, 1.82) is 0 Å². The zero-order valence-electron chi connectivity index (χ0n) is 13.0. The predicted octanol–water partition coefficient (Wildman–Crippen LogP) is 2.66. The van der Waals surface area contributed by atoms with Gasteiger partial charge in [-0.3, -0.25) is 5.32 Å². The molecule has 0 unspecified atom stereocenters. The Morgan fingerprint density at radius 2 is 2.09 bits per heavy atom. The third-order valence-electron chi connectivity index (χ3n) is 3.11. The lowest BCUT2D eigenvalue weighted by atomic mass is 10.2. The van der Waals surface area contributed by atoms with E-state index in [0.717, 1.165) is 5.56 Å². The normalized spacial score (nSPS) is 10.2. The van der Waals surface area contributed by atoms with Crippen molar-refractivity contribution in [2.24, 2.45) is 0 Å². The Morgan fingerprint density at radius 3 is 2.68 bits per heavy atom. The molecule has 1 aromatic heterocycles. The quantitative estimate of drug-likeness (QED) is 0.919. The number of amides is 2. The third-order valence-corrected chi connectivity index (χ3v) is 3.11. The molecule has 0 spiro atoms. The summed E-state index contributed by atoms with van der Waals surface area (Å²) in [5.74, 6) is 2.38. The smallest absolute Gasteiger partial charge is 0.323 e. The number of methoxy groups -OCH3 is 2. The minimum Gasteiger partial charge on any atom is -0.497 e. The van der Waals surface area contributed by atoms with E-state index in [1.165, 1.54) is 4.90 Å². The lowest BCUT2D eigenvalue weighted by Gasteiger charge is -2.19. The number of aromatic nitrogens is 1. The highest BCUT2D eigenvalue weighted by Crippen LogP contribution is 2.25. The predicted molar refractivity (Wildman–Crippen MR) is 81.3 cm³/mol. The highest BCUT2D eigenvalue weighted by molar-refractivity contribution is 5.88. The van der Waals surface area contributed by atoms with E-state index in [1.807, 2.05) is 12.1 Å². The standard InChI is InChI=1S/C15H19N3O4/c1-10-7-14(17-22-10)16-15(19)18(2)9-11-5-6-12(20-3)8-13(11)21-4/h5-8H,9H2,1-4H3,(H,16,17,19). The van der Waals surface area contributed by atoms with Gasteiger partial charge in [0.2, 0.25) is 0 Å². The number of rotatable bonds is 5. The first-order valence-electron chi connectivity index (χ1n) is 6.70. The van der Waals surface area contributed by atoms with Crippen LogP contribution in [0.25, 0.3) is 0 Å². The van der Waals surface area contributed by atoms with Gasteiger partial charge in [-0.1, -0.05) is 5.16 Å². The number of carbonyl (C=O) groups excluding carboxylic acids is 1. The summed E-state index contributed by atoms with van der Waals surface area (Å²) in [6.07, 6.45) is 0. The van der Waals surface area contributed by atoms with Crippen LogP contribution in [0, 0.1) is 6.92 Å². The van der Waals surface area contributed by atoms with Crippen molar-refractivity contribution in [3.63, 3.8) is 0 Å². The average Bonchev–Trinajstić information content (AvgIpc) is 2.92. The molecule has 1 heterocycles. The van der Waals surface area contributed by atoms with Gasteiger partial charge in [-0.15, -0.1) is 0 Å². The van der Waals surface area contributed by atoms with Crippen LogP contribution in [0.5, 0.6) is 11.5 Å². The number of hydrogen-bond acceptors (Lipinski definition) is 5. The van der Waals surface area contributed by atoms with Crippen LogP contribution in [-0.4, -0.2) is 37.4 Å². The van der Waals surface area contributed by atoms with Crippen molar-refractivity contribution >= 4 is 11.8 Å². The Balaban J connectivity index is 2.04. The number of aryl methyl sites for hydroxylation is 1. The molecular weight excluding hydrogens is 286 g/mol. The van der Waals surface area contributed by atoms with Gasteiger partial charge in [0.1, 0.15) is 17.3 Å². The zero-order chi connectivity index (χ0) is 16.1. The second-order valence-electron chi connectivity index (χ2n) is 4.79. The molecule has 118 valence electrons. The molecule has 0 bridgehead atoms. The average molecular weight is 305 g/mol. The molecule has 7 nitrogen and oxygen atoms in total. The van der Waals surface area contributed by atoms with Crippen molar-refractivity contribution in [3.8, 4) is 11.5 Å². The first-order valence-corrected chi connectivity index (χ1v) is 6.70. The van der Waals surface area contributed by atoms with Gasteiger partial charge in [-0.05, 0) is 19.1 Å².